The van der Waals surface area contributed by atoms with Gasteiger partial charge in [0.25, 0.3) is 0 Å². The van der Waals surface area contributed by atoms with Crippen LogP contribution in [0.1, 0.15) is 64.4 Å². The van der Waals surface area contributed by atoms with Gasteiger partial charge in [0, 0.05) is 12.6 Å². The van der Waals surface area contributed by atoms with Crippen molar-refractivity contribution in [2.45, 2.75) is 77.9 Å². The molecule has 2 aliphatic rings. The molecule has 1 aromatic carbocycles. The summed E-state index contributed by atoms with van der Waals surface area (Å²) in [6.45, 7) is 9.28. The Balaban J connectivity index is 0.000000208. The Labute approximate surface area is 164 Å². The summed E-state index contributed by atoms with van der Waals surface area (Å²) >= 11 is 0. The van der Waals surface area contributed by atoms with Crippen molar-refractivity contribution < 1.29 is 9.13 Å². The van der Waals surface area contributed by atoms with E-state index in [9.17, 15) is 4.39 Å². The molecular weight excluding hydrogens is 341 g/mol. The fraction of sp³-hybridized carbons (Fsp3) is 0.727. The number of ether oxygens (including phenoxy) is 1. The van der Waals surface area contributed by atoms with Gasteiger partial charge >= 0.3 is 0 Å². The molecule has 0 radical (unpaired) electrons. The van der Waals surface area contributed by atoms with Crippen molar-refractivity contribution in [3.8, 4) is 0 Å². The average Bonchev–Trinajstić information content (AvgIpc) is 2.67. The first-order valence-electron chi connectivity index (χ1n) is 10.6. The van der Waals surface area contributed by atoms with Gasteiger partial charge in [-0.15, -0.1) is 0 Å². The average molecular weight is 380 g/mol. The van der Waals surface area contributed by atoms with Crippen molar-refractivity contribution in [1.29, 1.82) is 0 Å². The molecule has 5 heteroatoms. The Morgan fingerprint density at radius 1 is 1.15 bits per heavy atom. The first-order valence-corrected chi connectivity index (χ1v) is 10.6. The molecule has 2 fully saturated rings. The quantitative estimate of drug-likeness (QED) is 0.639. The Kier molecular flexibility index (Phi) is 9.35. The number of nitrogens with one attached hydrogen (secondary N) is 2. The Morgan fingerprint density at radius 2 is 1.81 bits per heavy atom. The summed E-state index contributed by atoms with van der Waals surface area (Å²) in [4.78, 5) is 0. The molecule has 0 spiro atoms. The molecule has 1 saturated heterocycles. The number of nitrogens with two attached hydrogens (primary N) is 1. The van der Waals surface area contributed by atoms with E-state index < -0.39 is 0 Å². The fourth-order valence-corrected chi connectivity index (χ4v) is 3.69. The lowest BCUT2D eigenvalue weighted by atomic mass is 9.89. The van der Waals surface area contributed by atoms with Crippen molar-refractivity contribution in [3.05, 3.63) is 23.5 Å². The van der Waals surface area contributed by atoms with Crippen molar-refractivity contribution in [3.63, 3.8) is 0 Å². The minimum Gasteiger partial charge on any atom is -0.397 e. The van der Waals surface area contributed by atoms with Crippen LogP contribution in [0.15, 0.2) is 12.1 Å². The number of hydrogen-bond acceptors (Lipinski definition) is 4. The second-order valence-electron chi connectivity index (χ2n) is 8.11. The Morgan fingerprint density at radius 3 is 2.44 bits per heavy atom. The van der Waals surface area contributed by atoms with Gasteiger partial charge in [0.2, 0.25) is 0 Å². The molecule has 0 atom stereocenters. The normalized spacial score (nSPS) is 23.4. The van der Waals surface area contributed by atoms with Crippen molar-refractivity contribution in [1.82, 2.24) is 5.32 Å². The van der Waals surface area contributed by atoms with E-state index >= 15 is 0 Å². The second-order valence-corrected chi connectivity index (χ2v) is 8.11. The van der Waals surface area contributed by atoms with Gasteiger partial charge in [-0.05, 0) is 88.6 Å². The molecule has 0 aromatic heterocycles. The molecule has 4 N–H and O–H groups in total. The monoisotopic (exact) mass is 379 g/mol. The van der Waals surface area contributed by atoms with Gasteiger partial charge in [-0.25, -0.2) is 4.39 Å². The summed E-state index contributed by atoms with van der Waals surface area (Å²) in [6.07, 6.45) is 9.23. The van der Waals surface area contributed by atoms with Gasteiger partial charge in [0.05, 0.1) is 17.5 Å². The zero-order valence-corrected chi connectivity index (χ0v) is 17.3. The van der Waals surface area contributed by atoms with Crippen LogP contribution in [0.4, 0.5) is 15.8 Å². The molecule has 3 rings (SSSR count). The Bertz CT molecular complexity index is 550. The van der Waals surface area contributed by atoms with Gasteiger partial charge < -0.3 is 21.1 Å². The van der Waals surface area contributed by atoms with Gasteiger partial charge in [-0.1, -0.05) is 13.8 Å². The maximum Gasteiger partial charge on any atom is 0.128 e. The van der Waals surface area contributed by atoms with Crippen LogP contribution < -0.4 is 16.4 Å². The molecule has 1 heterocycles. The first kappa shape index (κ1) is 22.0. The van der Waals surface area contributed by atoms with E-state index in [1.165, 1.54) is 31.7 Å². The lowest BCUT2D eigenvalue weighted by Gasteiger charge is -2.25. The third-order valence-corrected chi connectivity index (χ3v) is 5.55. The molecule has 0 unspecified atom stereocenters. The number of piperidine rings is 1. The lowest BCUT2D eigenvalue weighted by Crippen LogP contribution is -2.35. The van der Waals surface area contributed by atoms with E-state index in [0.717, 1.165) is 50.6 Å². The highest BCUT2D eigenvalue weighted by molar-refractivity contribution is 5.67. The summed E-state index contributed by atoms with van der Waals surface area (Å²) in [7, 11) is 0. The fourth-order valence-electron chi connectivity index (χ4n) is 3.69. The zero-order valence-electron chi connectivity index (χ0n) is 17.3. The molecule has 0 amide bonds. The van der Waals surface area contributed by atoms with Crippen LogP contribution in [0.3, 0.4) is 0 Å². The SMILES string of the molecule is CCCOC1CCC(C)CC1.Cc1cc(NC2CCNCC2)c(N)cc1F. The number of rotatable bonds is 5. The largest absolute Gasteiger partial charge is 0.397 e. The van der Waals surface area contributed by atoms with Gasteiger partial charge in [-0.2, -0.15) is 0 Å². The van der Waals surface area contributed by atoms with Crippen LogP contribution >= 0.6 is 0 Å². The molecule has 27 heavy (non-hydrogen) atoms. The molecule has 154 valence electrons. The third-order valence-electron chi connectivity index (χ3n) is 5.55. The molecule has 1 aliphatic carbocycles. The standard InChI is InChI=1S/C12H18FN3.C10H20O/c1-8-6-12(11(14)7-10(8)13)16-9-2-4-15-5-3-9;1-3-8-11-10-6-4-9(2)5-7-10/h6-7,9,15-16H,2-5,14H2,1H3;9-10H,3-8H2,1-2H3. The minimum absolute atomic E-state index is 0.242. The summed E-state index contributed by atoms with van der Waals surface area (Å²) in [6, 6.07) is 3.61. The zero-order chi connectivity index (χ0) is 19.6. The maximum atomic E-state index is 13.2. The molecule has 4 nitrogen and oxygen atoms in total. The number of nitrogen functional groups attached to an aromatic ring is 1. The van der Waals surface area contributed by atoms with Crippen LogP contribution in [-0.2, 0) is 4.74 Å². The van der Waals surface area contributed by atoms with Crippen LogP contribution in [-0.4, -0.2) is 31.8 Å². The molecule has 1 saturated carbocycles. The maximum absolute atomic E-state index is 13.2. The summed E-state index contributed by atoms with van der Waals surface area (Å²) in [5, 5.41) is 6.69. The van der Waals surface area contributed by atoms with E-state index in [0.29, 0.717) is 23.4 Å². The van der Waals surface area contributed by atoms with Crippen LogP contribution in [0, 0.1) is 18.7 Å². The highest BCUT2D eigenvalue weighted by Gasteiger charge is 2.17. The topological polar surface area (TPSA) is 59.3 Å². The molecule has 1 aromatic rings. The van der Waals surface area contributed by atoms with Crippen LogP contribution in [0.5, 0.6) is 0 Å². The van der Waals surface area contributed by atoms with Gasteiger partial charge in [-0.3, -0.25) is 0 Å². The Hall–Kier alpha value is -1.33. The lowest BCUT2D eigenvalue weighted by molar-refractivity contribution is 0.0203. The third kappa shape index (κ3) is 7.67. The minimum atomic E-state index is -0.242. The number of benzene rings is 1. The highest BCUT2D eigenvalue weighted by atomic mass is 19.1. The number of hydrogen-bond donors (Lipinski definition) is 3. The van der Waals surface area contributed by atoms with Gasteiger partial charge in [0.15, 0.2) is 0 Å². The summed E-state index contributed by atoms with van der Waals surface area (Å²) in [5.74, 6) is 0.699. The van der Waals surface area contributed by atoms with E-state index in [1.54, 1.807) is 13.0 Å². The summed E-state index contributed by atoms with van der Waals surface area (Å²) < 4.78 is 18.9. The highest BCUT2D eigenvalue weighted by Crippen LogP contribution is 2.26. The number of halogens is 1. The summed E-state index contributed by atoms with van der Waals surface area (Å²) in [5.41, 5.74) is 7.76. The van der Waals surface area contributed by atoms with Crippen LogP contribution in [0.25, 0.3) is 0 Å². The van der Waals surface area contributed by atoms with Crippen molar-refractivity contribution in [2.75, 3.05) is 30.7 Å². The molecule has 0 bridgehead atoms. The predicted octanol–water partition coefficient (Wildman–Crippen LogP) is 4.87. The number of aryl methyl sites for hydroxylation is 1. The van der Waals surface area contributed by atoms with E-state index in [2.05, 4.69) is 24.5 Å². The molecular formula is C22H38FN3O. The van der Waals surface area contributed by atoms with Crippen molar-refractivity contribution >= 4 is 11.4 Å². The second kappa shape index (κ2) is 11.5. The predicted molar refractivity (Wildman–Crippen MR) is 113 cm³/mol. The van der Waals surface area contributed by atoms with Crippen LogP contribution in [0.2, 0.25) is 0 Å². The number of anilines is 2. The van der Waals surface area contributed by atoms with E-state index in [4.69, 9.17) is 10.5 Å². The molecule has 1 aliphatic heterocycles. The first-order chi connectivity index (χ1) is 13.0. The van der Waals surface area contributed by atoms with Crippen molar-refractivity contribution in [2.24, 2.45) is 5.92 Å². The van der Waals surface area contributed by atoms with Gasteiger partial charge in [0.1, 0.15) is 5.82 Å². The smallest absolute Gasteiger partial charge is 0.128 e. The van der Waals surface area contributed by atoms with E-state index in [1.807, 2.05) is 0 Å². The van der Waals surface area contributed by atoms with E-state index in [-0.39, 0.29) is 5.82 Å².